The molecule has 0 aliphatic heterocycles. The van der Waals surface area contributed by atoms with Crippen LogP contribution in [-0.2, 0) is 26.5 Å². The Balaban J connectivity index is 1.94. The second-order valence-electron chi connectivity index (χ2n) is 10.2. The largest absolute Gasteiger partial charge is 0.411 e. The monoisotopic (exact) mass is 604 g/mol. The number of aliphatic hydroxyl groups excluding tert-OH is 1. The fourth-order valence-corrected chi connectivity index (χ4v) is 7.65. The van der Waals surface area contributed by atoms with Gasteiger partial charge in [-0.2, -0.15) is 4.31 Å². The molecular formula is C28H36N4O7S2. The topological polar surface area (TPSA) is 169 Å². The maximum Gasteiger partial charge on any atom is 0.243 e. The normalized spacial score (nSPS) is 17.2. The lowest BCUT2D eigenvalue weighted by atomic mass is 10.0. The smallest absolute Gasteiger partial charge is 0.243 e. The highest BCUT2D eigenvalue weighted by atomic mass is 32.2. The van der Waals surface area contributed by atoms with E-state index in [4.69, 9.17) is 10.4 Å². The number of nitrogens with zero attached hydrogens (tertiary/aromatic N) is 3. The van der Waals surface area contributed by atoms with Crippen molar-refractivity contribution in [2.45, 2.75) is 50.7 Å². The number of nitrogens with one attached hydrogen (secondary N) is 1. The molecule has 0 unspecified atom stereocenters. The molecule has 0 radical (unpaired) electrons. The molecule has 0 spiro atoms. The van der Waals surface area contributed by atoms with Crippen molar-refractivity contribution < 1.29 is 32.4 Å². The first-order chi connectivity index (χ1) is 19.4. The molecule has 4 N–H and O–H groups in total. The zero-order valence-electron chi connectivity index (χ0n) is 23.1. The van der Waals surface area contributed by atoms with Gasteiger partial charge in [0.15, 0.2) is 0 Å². The van der Waals surface area contributed by atoms with E-state index in [-0.39, 0.29) is 41.6 Å². The summed E-state index contributed by atoms with van der Waals surface area (Å²) in [6.07, 6.45) is 2.86. The van der Waals surface area contributed by atoms with Crippen molar-refractivity contribution in [2.75, 3.05) is 13.1 Å². The maximum absolute atomic E-state index is 13.6. The maximum atomic E-state index is 13.6. The number of hydrogen-bond acceptors (Lipinski definition) is 9. The summed E-state index contributed by atoms with van der Waals surface area (Å²) in [5.74, 6) is -0.0930. The Morgan fingerprint density at radius 3 is 2.22 bits per heavy atom. The van der Waals surface area contributed by atoms with Gasteiger partial charge >= 0.3 is 0 Å². The van der Waals surface area contributed by atoms with Gasteiger partial charge in [-0.1, -0.05) is 72.7 Å². The molecule has 41 heavy (non-hydrogen) atoms. The number of oxime groups is 2. The van der Waals surface area contributed by atoms with E-state index in [9.17, 15) is 21.9 Å². The van der Waals surface area contributed by atoms with Gasteiger partial charge in [-0.05, 0) is 54.2 Å². The van der Waals surface area contributed by atoms with E-state index in [1.807, 2.05) is 19.9 Å². The SMILES string of the molecule is CC1=CC(=NO)CC=C1S(=O)(=O)N[C@@H](Cc1ccccc1)[C@H](O)CN(CC(C)C)S(=O)(=O)c1ccc(/C=N/O)cc1. The third-order valence-corrected chi connectivity index (χ3v) is 9.97. The molecule has 222 valence electrons. The second kappa shape index (κ2) is 14.0. The van der Waals surface area contributed by atoms with Gasteiger partial charge in [-0.25, -0.2) is 21.6 Å². The molecule has 3 rings (SSSR count). The van der Waals surface area contributed by atoms with Gasteiger partial charge in [0, 0.05) is 19.5 Å². The first kappa shape index (κ1) is 32.2. The zero-order chi connectivity index (χ0) is 30.2. The Morgan fingerprint density at radius 2 is 1.66 bits per heavy atom. The molecule has 0 aromatic heterocycles. The van der Waals surface area contributed by atoms with Gasteiger partial charge in [-0.15, -0.1) is 0 Å². The van der Waals surface area contributed by atoms with E-state index < -0.39 is 32.2 Å². The van der Waals surface area contributed by atoms with E-state index in [2.05, 4.69) is 15.0 Å². The van der Waals surface area contributed by atoms with Crippen LogP contribution in [0.25, 0.3) is 0 Å². The average Bonchev–Trinajstić information content (AvgIpc) is 2.92. The molecule has 0 amide bonds. The zero-order valence-corrected chi connectivity index (χ0v) is 24.8. The van der Waals surface area contributed by atoms with Gasteiger partial charge in [0.25, 0.3) is 0 Å². The molecule has 0 bridgehead atoms. The Hall–Kier alpha value is -3.36. The minimum absolute atomic E-state index is 0.00618. The highest BCUT2D eigenvalue weighted by Crippen LogP contribution is 2.24. The summed E-state index contributed by atoms with van der Waals surface area (Å²) < 4.78 is 58.0. The number of hydrogen-bond donors (Lipinski definition) is 4. The van der Waals surface area contributed by atoms with Crippen LogP contribution in [0.1, 0.15) is 38.3 Å². The summed E-state index contributed by atoms with van der Waals surface area (Å²) in [6.45, 7) is 4.98. The molecule has 0 saturated carbocycles. The van der Waals surface area contributed by atoms with Gasteiger partial charge < -0.3 is 15.5 Å². The average molecular weight is 605 g/mol. The lowest BCUT2D eigenvalue weighted by Gasteiger charge is -2.31. The molecule has 11 nitrogen and oxygen atoms in total. The number of benzene rings is 2. The first-order valence-corrected chi connectivity index (χ1v) is 15.9. The van der Waals surface area contributed by atoms with Crippen LogP contribution in [-0.4, -0.2) is 73.8 Å². The summed E-state index contributed by atoms with van der Waals surface area (Å²) in [5.41, 5.74) is 1.92. The summed E-state index contributed by atoms with van der Waals surface area (Å²) in [4.78, 5) is -0.0246. The third kappa shape index (κ3) is 8.57. The van der Waals surface area contributed by atoms with E-state index in [0.717, 1.165) is 9.87 Å². The molecule has 2 aromatic carbocycles. The van der Waals surface area contributed by atoms with Gasteiger partial charge in [0.05, 0.1) is 33.9 Å². The number of allylic oxidation sites excluding steroid dienone is 3. The summed E-state index contributed by atoms with van der Waals surface area (Å²) in [7, 11) is -8.22. The molecule has 1 aliphatic rings. The molecule has 13 heteroatoms. The van der Waals surface area contributed by atoms with Crippen LogP contribution >= 0.6 is 0 Å². The van der Waals surface area contributed by atoms with Crippen molar-refractivity contribution >= 4 is 32.0 Å². The summed E-state index contributed by atoms with van der Waals surface area (Å²) in [6, 6.07) is 13.7. The van der Waals surface area contributed by atoms with Crippen molar-refractivity contribution in [1.29, 1.82) is 0 Å². The molecule has 2 aromatic rings. The van der Waals surface area contributed by atoms with Crippen LogP contribution in [0.15, 0.2) is 92.4 Å². The van der Waals surface area contributed by atoms with Crippen LogP contribution < -0.4 is 4.72 Å². The predicted molar refractivity (Wildman–Crippen MR) is 157 cm³/mol. The van der Waals surface area contributed by atoms with Crippen molar-refractivity contribution in [2.24, 2.45) is 16.2 Å². The van der Waals surface area contributed by atoms with Crippen LogP contribution in [0.4, 0.5) is 0 Å². The van der Waals surface area contributed by atoms with E-state index in [1.54, 1.807) is 31.2 Å². The molecule has 0 fully saturated rings. The molecule has 1 aliphatic carbocycles. The van der Waals surface area contributed by atoms with E-state index in [0.29, 0.717) is 16.8 Å². The molecule has 0 heterocycles. The van der Waals surface area contributed by atoms with Crippen LogP contribution in [0.5, 0.6) is 0 Å². The van der Waals surface area contributed by atoms with Gasteiger partial charge in [0.2, 0.25) is 20.0 Å². The van der Waals surface area contributed by atoms with Gasteiger partial charge in [-0.3, -0.25) is 0 Å². The van der Waals surface area contributed by atoms with Crippen LogP contribution in [0.3, 0.4) is 0 Å². The lowest BCUT2D eigenvalue weighted by Crippen LogP contribution is -2.51. The van der Waals surface area contributed by atoms with Crippen molar-refractivity contribution in [3.05, 3.63) is 88.4 Å². The van der Waals surface area contributed by atoms with Crippen LogP contribution in [0, 0.1) is 5.92 Å². The van der Waals surface area contributed by atoms with Gasteiger partial charge in [0.1, 0.15) is 0 Å². The van der Waals surface area contributed by atoms with E-state index >= 15 is 0 Å². The Morgan fingerprint density at radius 1 is 1.00 bits per heavy atom. The fraction of sp³-hybridized carbons (Fsp3) is 0.357. The Kier molecular flexibility index (Phi) is 11.0. The fourth-order valence-electron chi connectivity index (χ4n) is 4.47. The predicted octanol–water partition coefficient (Wildman–Crippen LogP) is 3.10. The van der Waals surface area contributed by atoms with E-state index in [1.165, 1.54) is 42.6 Å². The second-order valence-corrected chi connectivity index (χ2v) is 13.8. The highest BCUT2D eigenvalue weighted by Gasteiger charge is 2.34. The Bertz CT molecular complexity index is 1520. The minimum atomic E-state index is -4.14. The standard InChI is InChI=1S/C28H36N4O7S2/c1-20(2)18-32(41(38,39)25-12-9-23(10-13-25)17-29-34)19-27(33)26(16-22-7-5-4-6-8-22)31-40(36,37)28-14-11-24(30-35)15-21(28)3/h4-10,12-15,17,20,26-27,31,33-35H,11,16,18-19H2,1-3H3/b29-17+,30-24?/t26-,27+/m0/s1. The lowest BCUT2D eigenvalue weighted by molar-refractivity contribution is 0.110. The highest BCUT2D eigenvalue weighted by molar-refractivity contribution is 7.93. The quantitative estimate of drug-likeness (QED) is 0.155. The number of aliphatic hydroxyl groups is 1. The first-order valence-electron chi connectivity index (χ1n) is 13.0. The summed E-state index contributed by atoms with van der Waals surface area (Å²) >= 11 is 0. The Labute approximate surface area is 241 Å². The summed E-state index contributed by atoms with van der Waals surface area (Å²) in [5, 5.41) is 35.3. The molecule has 2 atom stereocenters. The third-order valence-electron chi connectivity index (χ3n) is 6.44. The minimum Gasteiger partial charge on any atom is -0.411 e. The number of sulfonamides is 2. The van der Waals surface area contributed by atoms with Crippen molar-refractivity contribution in [1.82, 2.24) is 9.03 Å². The van der Waals surface area contributed by atoms with Crippen molar-refractivity contribution in [3.8, 4) is 0 Å². The molecule has 0 saturated heterocycles. The van der Waals surface area contributed by atoms with Crippen LogP contribution in [0.2, 0.25) is 0 Å². The number of rotatable bonds is 13. The van der Waals surface area contributed by atoms with Crippen molar-refractivity contribution in [3.63, 3.8) is 0 Å². The molecular weight excluding hydrogens is 568 g/mol.